The van der Waals surface area contributed by atoms with Crippen molar-refractivity contribution in [3.8, 4) is 0 Å². The second-order valence-corrected chi connectivity index (χ2v) is 7.52. The summed E-state index contributed by atoms with van der Waals surface area (Å²) in [6.07, 6.45) is 2.24. The van der Waals surface area contributed by atoms with Crippen molar-refractivity contribution < 1.29 is 8.42 Å². The fourth-order valence-electron chi connectivity index (χ4n) is 2.68. The van der Waals surface area contributed by atoms with Gasteiger partial charge in [0.05, 0.1) is 10.6 Å². The molecule has 1 fully saturated rings. The number of hydrogen-bond acceptors (Lipinski definition) is 4. The molecular formula is C15H24N2O2S. The molecule has 2 rings (SSSR count). The van der Waals surface area contributed by atoms with Gasteiger partial charge < -0.3 is 10.2 Å². The van der Waals surface area contributed by atoms with Crippen molar-refractivity contribution in [3.05, 3.63) is 24.3 Å². The fraction of sp³-hybridized carbons (Fsp3) is 0.600. The summed E-state index contributed by atoms with van der Waals surface area (Å²) < 4.78 is 23.7. The summed E-state index contributed by atoms with van der Waals surface area (Å²) in [5, 5.41) is 3.39. The molecular weight excluding hydrogens is 272 g/mol. The van der Waals surface area contributed by atoms with E-state index in [0.29, 0.717) is 10.9 Å². The first-order chi connectivity index (χ1) is 9.58. The molecule has 1 aromatic rings. The van der Waals surface area contributed by atoms with E-state index < -0.39 is 9.84 Å². The summed E-state index contributed by atoms with van der Waals surface area (Å²) in [6, 6.07) is 7.87. The zero-order valence-electron chi connectivity index (χ0n) is 12.3. The molecule has 0 aromatic heterocycles. The predicted octanol–water partition coefficient (Wildman–Crippen LogP) is 2.06. The van der Waals surface area contributed by atoms with Gasteiger partial charge in [-0.05, 0) is 43.7 Å². The van der Waals surface area contributed by atoms with Crippen molar-refractivity contribution >= 4 is 15.5 Å². The number of rotatable bonds is 6. The lowest BCUT2D eigenvalue weighted by molar-refractivity contribution is 0.597. The lowest BCUT2D eigenvalue weighted by atomic mass is 10.1. The van der Waals surface area contributed by atoms with Crippen molar-refractivity contribution in [3.63, 3.8) is 0 Å². The Hall–Kier alpha value is -1.07. The molecule has 1 aliphatic heterocycles. The Bertz CT molecular complexity index is 519. The Kier molecular flexibility index (Phi) is 5.05. The SMILES string of the molecule is CCCN(c1ccc(S(=O)(=O)CC)cc1)C1CCNC1. The van der Waals surface area contributed by atoms with E-state index in [1.807, 2.05) is 12.1 Å². The highest BCUT2D eigenvalue weighted by molar-refractivity contribution is 7.91. The van der Waals surface area contributed by atoms with Crippen molar-refractivity contribution in [2.75, 3.05) is 30.3 Å². The van der Waals surface area contributed by atoms with Crippen LogP contribution in [0.15, 0.2) is 29.2 Å². The van der Waals surface area contributed by atoms with Crippen LogP contribution in [-0.4, -0.2) is 39.8 Å². The molecule has 0 spiro atoms. The Morgan fingerprint density at radius 2 is 1.95 bits per heavy atom. The van der Waals surface area contributed by atoms with Gasteiger partial charge in [0.2, 0.25) is 0 Å². The quantitative estimate of drug-likeness (QED) is 0.873. The van der Waals surface area contributed by atoms with Crippen molar-refractivity contribution in [1.29, 1.82) is 0 Å². The average molecular weight is 296 g/mol. The molecule has 1 atom stereocenters. The van der Waals surface area contributed by atoms with Crippen molar-refractivity contribution in [2.24, 2.45) is 0 Å². The van der Waals surface area contributed by atoms with E-state index in [9.17, 15) is 8.42 Å². The molecule has 5 heteroatoms. The molecule has 0 aliphatic carbocycles. The highest BCUT2D eigenvalue weighted by Crippen LogP contribution is 2.23. The van der Waals surface area contributed by atoms with Gasteiger partial charge in [0, 0.05) is 24.8 Å². The first kappa shape index (κ1) is 15.3. The number of nitrogens with one attached hydrogen (secondary N) is 1. The molecule has 1 N–H and O–H groups in total. The van der Waals surface area contributed by atoms with Crippen LogP contribution in [0.5, 0.6) is 0 Å². The van der Waals surface area contributed by atoms with Gasteiger partial charge in [0.1, 0.15) is 0 Å². The van der Waals surface area contributed by atoms with E-state index in [1.54, 1.807) is 19.1 Å². The van der Waals surface area contributed by atoms with Crippen LogP contribution in [-0.2, 0) is 9.84 Å². The maximum absolute atomic E-state index is 11.8. The van der Waals surface area contributed by atoms with Crippen LogP contribution >= 0.6 is 0 Å². The van der Waals surface area contributed by atoms with E-state index in [4.69, 9.17) is 0 Å². The summed E-state index contributed by atoms with van der Waals surface area (Å²) in [5.74, 6) is 0.150. The summed E-state index contributed by atoms with van der Waals surface area (Å²) in [4.78, 5) is 2.81. The van der Waals surface area contributed by atoms with E-state index in [1.165, 1.54) is 0 Å². The van der Waals surface area contributed by atoms with Gasteiger partial charge in [-0.15, -0.1) is 0 Å². The lowest BCUT2D eigenvalue weighted by Gasteiger charge is -2.30. The predicted molar refractivity (Wildman–Crippen MR) is 83.1 cm³/mol. The van der Waals surface area contributed by atoms with Crippen LogP contribution in [0.4, 0.5) is 5.69 Å². The van der Waals surface area contributed by atoms with Gasteiger partial charge >= 0.3 is 0 Å². The molecule has 0 bridgehead atoms. The third-order valence-corrected chi connectivity index (χ3v) is 5.60. The number of sulfone groups is 1. The second kappa shape index (κ2) is 6.59. The first-order valence-corrected chi connectivity index (χ1v) is 9.04. The molecule has 112 valence electrons. The van der Waals surface area contributed by atoms with Crippen LogP contribution in [0, 0.1) is 0 Å². The monoisotopic (exact) mass is 296 g/mol. The zero-order chi connectivity index (χ0) is 14.6. The van der Waals surface area contributed by atoms with Crippen molar-refractivity contribution in [2.45, 2.75) is 37.6 Å². The molecule has 0 amide bonds. The number of hydrogen-bond donors (Lipinski definition) is 1. The van der Waals surface area contributed by atoms with Gasteiger partial charge in [0.15, 0.2) is 9.84 Å². The van der Waals surface area contributed by atoms with Gasteiger partial charge in [-0.3, -0.25) is 0 Å². The Labute approximate surface area is 122 Å². The smallest absolute Gasteiger partial charge is 0.178 e. The Balaban J connectivity index is 2.21. The lowest BCUT2D eigenvalue weighted by Crippen LogP contribution is -2.37. The third kappa shape index (κ3) is 3.33. The summed E-state index contributed by atoms with van der Waals surface area (Å²) in [7, 11) is -3.10. The van der Waals surface area contributed by atoms with E-state index in [0.717, 1.165) is 38.2 Å². The molecule has 20 heavy (non-hydrogen) atoms. The minimum Gasteiger partial charge on any atom is -0.367 e. The van der Waals surface area contributed by atoms with Crippen LogP contribution in [0.1, 0.15) is 26.7 Å². The molecule has 0 saturated carbocycles. The summed E-state index contributed by atoms with van der Waals surface area (Å²) in [5.41, 5.74) is 1.12. The number of anilines is 1. The van der Waals surface area contributed by atoms with Crippen LogP contribution < -0.4 is 10.2 Å². The highest BCUT2D eigenvalue weighted by Gasteiger charge is 2.22. The fourth-order valence-corrected chi connectivity index (χ4v) is 3.56. The van der Waals surface area contributed by atoms with E-state index in [2.05, 4.69) is 17.1 Å². The van der Waals surface area contributed by atoms with E-state index in [-0.39, 0.29) is 5.75 Å². The third-order valence-electron chi connectivity index (χ3n) is 3.85. The van der Waals surface area contributed by atoms with Gasteiger partial charge in [-0.25, -0.2) is 8.42 Å². The van der Waals surface area contributed by atoms with Crippen LogP contribution in [0.3, 0.4) is 0 Å². The number of benzene rings is 1. The normalized spacial score (nSPS) is 19.2. The van der Waals surface area contributed by atoms with Gasteiger partial charge in [-0.1, -0.05) is 13.8 Å². The molecule has 0 radical (unpaired) electrons. The number of nitrogens with zero attached hydrogens (tertiary/aromatic N) is 1. The van der Waals surface area contributed by atoms with Crippen LogP contribution in [0.25, 0.3) is 0 Å². The van der Waals surface area contributed by atoms with Crippen LogP contribution in [0.2, 0.25) is 0 Å². The average Bonchev–Trinajstić information content (AvgIpc) is 2.99. The highest BCUT2D eigenvalue weighted by atomic mass is 32.2. The Morgan fingerprint density at radius 1 is 1.25 bits per heavy atom. The summed E-state index contributed by atoms with van der Waals surface area (Å²) in [6.45, 7) is 6.93. The minimum absolute atomic E-state index is 0.150. The molecule has 1 saturated heterocycles. The zero-order valence-corrected chi connectivity index (χ0v) is 13.1. The topological polar surface area (TPSA) is 49.4 Å². The molecule has 1 heterocycles. The maximum Gasteiger partial charge on any atom is 0.178 e. The Morgan fingerprint density at radius 3 is 2.45 bits per heavy atom. The molecule has 1 aliphatic rings. The largest absolute Gasteiger partial charge is 0.367 e. The second-order valence-electron chi connectivity index (χ2n) is 5.24. The first-order valence-electron chi connectivity index (χ1n) is 7.38. The van der Waals surface area contributed by atoms with Crippen molar-refractivity contribution in [1.82, 2.24) is 5.32 Å². The molecule has 1 unspecified atom stereocenters. The summed E-state index contributed by atoms with van der Waals surface area (Å²) >= 11 is 0. The van der Waals surface area contributed by atoms with Gasteiger partial charge in [0.25, 0.3) is 0 Å². The van der Waals surface area contributed by atoms with Gasteiger partial charge in [-0.2, -0.15) is 0 Å². The van der Waals surface area contributed by atoms with E-state index >= 15 is 0 Å². The standard InChI is InChI=1S/C15H24N2O2S/c1-3-11-17(14-9-10-16-12-14)13-5-7-15(8-6-13)20(18,19)4-2/h5-8,14,16H,3-4,9-12H2,1-2H3. The molecule has 4 nitrogen and oxygen atoms in total. The minimum atomic E-state index is -3.10. The molecule has 1 aromatic carbocycles. The maximum atomic E-state index is 11.8.